The number of nitrogens with one attached hydrogen (secondary N) is 1. The van der Waals surface area contributed by atoms with Crippen LogP contribution in [0.25, 0.3) is 0 Å². The van der Waals surface area contributed by atoms with Crippen molar-refractivity contribution in [2.24, 2.45) is 7.05 Å². The van der Waals surface area contributed by atoms with Crippen LogP contribution in [0.5, 0.6) is 0 Å². The predicted molar refractivity (Wildman–Crippen MR) is 109 cm³/mol. The van der Waals surface area contributed by atoms with Crippen molar-refractivity contribution in [3.05, 3.63) is 47.5 Å². The first-order chi connectivity index (χ1) is 15.0. The van der Waals surface area contributed by atoms with Gasteiger partial charge in [0, 0.05) is 56.5 Å². The van der Waals surface area contributed by atoms with Crippen molar-refractivity contribution in [2.75, 3.05) is 13.1 Å². The van der Waals surface area contributed by atoms with Gasteiger partial charge in [-0.25, -0.2) is 4.79 Å². The Hall–Kier alpha value is -2.95. The van der Waals surface area contributed by atoms with Crippen LogP contribution in [-0.4, -0.2) is 61.5 Å². The molecule has 0 aromatic carbocycles. The van der Waals surface area contributed by atoms with E-state index in [-0.39, 0.29) is 17.4 Å². The predicted octanol–water partition coefficient (Wildman–Crippen LogP) is 2.40. The molecule has 1 atom stereocenters. The minimum absolute atomic E-state index is 0.114. The quantitative estimate of drug-likeness (QED) is 0.740. The van der Waals surface area contributed by atoms with E-state index < -0.39 is 12.1 Å². The van der Waals surface area contributed by atoms with Gasteiger partial charge >= 0.3 is 12.1 Å². The lowest BCUT2D eigenvalue weighted by atomic mass is 9.75. The van der Waals surface area contributed by atoms with E-state index in [9.17, 15) is 18.0 Å². The molecule has 174 valence electrons. The summed E-state index contributed by atoms with van der Waals surface area (Å²) in [5, 5.41) is 14.7. The zero-order valence-electron chi connectivity index (χ0n) is 17.9. The highest BCUT2D eigenvalue weighted by Crippen LogP contribution is 2.43. The summed E-state index contributed by atoms with van der Waals surface area (Å²) >= 11 is 0. The average molecular weight is 453 g/mol. The van der Waals surface area contributed by atoms with Gasteiger partial charge in [0.05, 0.1) is 11.9 Å². The smallest absolute Gasteiger partial charge is 0.475 e. The van der Waals surface area contributed by atoms with Crippen LogP contribution in [0.4, 0.5) is 13.2 Å². The summed E-state index contributed by atoms with van der Waals surface area (Å²) in [6.45, 7) is 4.86. The van der Waals surface area contributed by atoms with Crippen molar-refractivity contribution in [1.29, 1.82) is 0 Å². The molecule has 2 aromatic rings. The number of likely N-dealkylation sites (tertiary alicyclic amines) is 1. The molecule has 32 heavy (non-hydrogen) atoms. The highest BCUT2D eigenvalue weighted by atomic mass is 19.4. The van der Waals surface area contributed by atoms with Gasteiger partial charge in [0.1, 0.15) is 0 Å². The number of halogens is 3. The standard InChI is InChI=1S/C19H25N5O.C2HF3O2/c1-14-4-3-5-16(21-14)13-24-8-6-19(7-9-24)17(10-18(25)22-19)15-11-20-23(2)12-15;3-2(4,5)1(6)7/h3-5,11-12,17H,6-10,13H2,1-2H3,(H,22,25);(H,6,7)/t17-;/m0./s1. The van der Waals surface area contributed by atoms with E-state index in [0.717, 1.165) is 43.9 Å². The van der Waals surface area contributed by atoms with Crippen molar-refractivity contribution in [1.82, 2.24) is 25.0 Å². The topological polar surface area (TPSA) is 100 Å². The number of carboxylic acids is 1. The number of aromatic nitrogens is 3. The first-order valence-electron chi connectivity index (χ1n) is 10.2. The lowest BCUT2D eigenvalue weighted by molar-refractivity contribution is -0.192. The number of aliphatic carboxylic acids is 1. The minimum atomic E-state index is -5.08. The number of rotatable bonds is 3. The number of hydrogen-bond donors (Lipinski definition) is 2. The molecule has 0 unspecified atom stereocenters. The number of alkyl halides is 3. The fraction of sp³-hybridized carbons (Fsp3) is 0.524. The molecule has 4 heterocycles. The first-order valence-corrected chi connectivity index (χ1v) is 10.2. The van der Waals surface area contributed by atoms with Crippen LogP contribution in [0.1, 0.15) is 42.1 Å². The normalized spacial score (nSPS) is 20.5. The van der Waals surface area contributed by atoms with Crippen molar-refractivity contribution in [3.63, 3.8) is 0 Å². The lowest BCUT2D eigenvalue weighted by Crippen LogP contribution is -2.53. The zero-order chi connectivity index (χ0) is 23.5. The molecule has 2 aromatic heterocycles. The number of carbonyl (C=O) groups is 2. The van der Waals surface area contributed by atoms with E-state index in [1.807, 2.05) is 30.9 Å². The molecule has 8 nitrogen and oxygen atoms in total. The van der Waals surface area contributed by atoms with Gasteiger partial charge in [0.15, 0.2) is 0 Å². The summed E-state index contributed by atoms with van der Waals surface area (Å²) in [7, 11) is 1.93. The molecule has 2 saturated heterocycles. The van der Waals surface area contributed by atoms with Crippen LogP contribution >= 0.6 is 0 Å². The van der Waals surface area contributed by atoms with Crippen molar-refractivity contribution < 1.29 is 27.9 Å². The Morgan fingerprint density at radius 2 is 1.97 bits per heavy atom. The third-order valence-electron chi connectivity index (χ3n) is 5.89. The molecule has 2 N–H and O–H groups in total. The second-order valence-electron chi connectivity index (χ2n) is 8.26. The van der Waals surface area contributed by atoms with Crippen molar-refractivity contribution in [2.45, 2.75) is 50.4 Å². The SMILES string of the molecule is Cc1cccc(CN2CCC3(CC2)NC(=O)C[C@H]3c2cnn(C)c2)n1.O=C(O)C(F)(F)F. The molecule has 0 radical (unpaired) electrons. The van der Waals surface area contributed by atoms with Crippen molar-refractivity contribution >= 4 is 11.9 Å². The first kappa shape index (κ1) is 23.7. The summed E-state index contributed by atoms with van der Waals surface area (Å²) in [6, 6.07) is 6.19. The Morgan fingerprint density at radius 1 is 1.31 bits per heavy atom. The fourth-order valence-electron chi connectivity index (χ4n) is 4.35. The number of carboxylic acid groups (broad SMARTS) is 1. The van der Waals surface area contributed by atoms with Gasteiger partial charge in [0.25, 0.3) is 0 Å². The second-order valence-corrected chi connectivity index (χ2v) is 8.26. The molecule has 2 aliphatic heterocycles. The number of hydrogen-bond acceptors (Lipinski definition) is 5. The van der Waals surface area contributed by atoms with E-state index in [0.29, 0.717) is 6.42 Å². The van der Waals surface area contributed by atoms with Crippen LogP contribution in [-0.2, 0) is 23.2 Å². The molecule has 1 amide bonds. The number of piperidine rings is 1. The summed E-state index contributed by atoms with van der Waals surface area (Å²) in [5.74, 6) is -2.36. The Kier molecular flexibility index (Phi) is 6.87. The van der Waals surface area contributed by atoms with Gasteiger partial charge in [-0.15, -0.1) is 0 Å². The number of amides is 1. The van der Waals surface area contributed by atoms with Crippen LogP contribution in [0.15, 0.2) is 30.6 Å². The van der Waals surface area contributed by atoms with Crippen LogP contribution in [0, 0.1) is 6.92 Å². The number of pyridine rings is 1. The summed E-state index contributed by atoms with van der Waals surface area (Å²) in [5.41, 5.74) is 3.24. The Balaban J connectivity index is 0.000000360. The van der Waals surface area contributed by atoms with Crippen LogP contribution < -0.4 is 5.32 Å². The maximum absolute atomic E-state index is 12.2. The van der Waals surface area contributed by atoms with E-state index >= 15 is 0 Å². The lowest BCUT2D eigenvalue weighted by Gasteiger charge is -2.42. The maximum atomic E-state index is 12.2. The number of aryl methyl sites for hydroxylation is 2. The monoisotopic (exact) mass is 453 g/mol. The van der Waals surface area contributed by atoms with E-state index in [1.165, 1.54) is 5.56 Å². The summed E-state index contributed by atoms with van der Waals surface area (Å²) in [6.07, 6.45) is 1.41. The minimum Gasteiger partial charge on any atom is -0.475 e. The largest absolute Gasteiger partial charge is 0.490 e. The van der Waals surface area contributed by atoms with Gasteiger partial charge < -0.3 is 10.4 Å². The van der Waals surface area contributed by atoms with Gasteiger partial charge in [-0.2, -0.15) is 18.3 Å². The molecule has 2 fully saturated rings. The highest BCUT2D eigenvalue weighted by Gasteiger charge is 2.49. The molecule has 0 bridgehead atoms. The van der Waals surface area contributed by atoms with Gasteiger partial charge in [-0.3, -0.25) is 19.4 Å². The van der Waals surface area contributed by atoms with Crippen LogP contribution in [0.2, 0.25) is 0 Å². The molecule has 0 saturated carbocycles. The molecule has 11 heteroatoms. The molecule has 1 spiro atoms. The third-order valence-corrected chi connectivity index (χ3v) is 5.89. The summed E-state index contributed by atoms with van der Waals surface area (Å²) < 4.78 is 33.6. The average Bonchev–Trinajstić information content (AvgIpc) is 3.26. The molecule has 0 aliphatic carbocycles. The molecular weight excluding hydrogens is 427 g/mol. The van der Waals surface area contributed by atoms with Gasteiger partial charge in [-0.1, -0.05) is 6.07 Å². The van der Waals surface area contributed by atoms with Gasteiger partial charge in [0.2, 0.25) is 5.91 Å². The Labute approximate surface area is 183 Å². The van der Waals surface area contributed by atoms with E-state index in [1.54, 1.807) is 0 Å². The maximum Gasteiger partial charge on any atom is 0.490 e. The fourth-order valence-corrected chi connectivity index (χ4v) is 4.35. The third kappa shape index (κ3) is 5.64. The van der Waals surface area contributed by atoms with Crippen molar-refractivity contribution in [3.8, 4) is 0 Å². The second kappa shape index (κ2) is 9.27. The molecule has 4 rings (SSSR count). The number of carbonyl (C=O) groups excluding carboxylic acids is 1. The van der Waals surface area contributed by atoms with Crippen LogP contribution in [0.3, 0.4) is 0 Å². The Morgan fingerprint density at radius 3 is 2.50 bits per heavy atom. The van der Waals surface area contributed by atoms with Gasteiger partial charge in [-0.05, 0) is 37.5 Å². The highest BCUT2D eigenvalue weighted by molar-refractivity contribution is 5.81. The van der Waals surface area contributed by atoms with E-state index in [2.05, 4.69) is 38.6 Å². The van der Waals surface area contributed by atoms with E-state index in [4.69, 9.17) is 9.90 Å². The molecule has 2 aliphatic rings. The Bertz CT molecular complexity index is 968. The number of nitrogens with zero attached hydrogens (tertiary/aromatic N) is 4. The molecular formula is C21H26F3N5O3. The zero-order valence-corrected chi connectivity index (χ0v) is 17.9. The summed E-state index contributed by atoms with van der Waals surface area (Å²) in [4.78, 5) is 28.1.